The van der Waals surface area contributed by atoms with Gasteiger partial charge in [-0.15, -0.1) is 0 Å². The van der Waals surface area contributed by atoms with Crippen LogP contribution >= 0.6 is 0 Å². The van der Waals surface area contributed by atoms with Gasteiger partial charge in [0.2, 0.25) is 11.8 Å². The van der Waals surface area contributed by atoms with E-state index in [0.29, 0.717) is 18.7 Å². The van der Waals surface area contributed by atoms with E-state index >= 15 is 0 Å². The molecule has 0 aromatic heterocycles. The molecule has 7 nitrogen and oxygen atoms in total. The summed E-state index contributed by atoms with van der Waals surface area (Å²) in [5.41, 5.74) is 0.759. The fourth-order valence-electron chi connectivity index (χ4n) is 2.94. The summed E-state index contributed by atoms with van der Waals surface area (Å²) >= 11 is 0. The minimum absolute atomic E-state index is 0.0403. The summed E-state index contributed by atoms with van der Waals surface area (Å²) in [6.07, 6.45) is 0.855. The summed E-state index contributed by atoms with van der Waals surface area (Å²) < 4.78 is 9.77. The van der Waals surface area contributed by atoms with Crippen molar-refractivity contribution < 1.29 is 23.9 Å². The molecule has 0 aliphatic carbocycles. The molecule has 7 heteroatoms. The van der Waals surface area contributed by atoms with E-state index in [4.69, 9.17) is 4.74 Å². The van der Waals surface area contributed by atoms with E-state index < -0.39 is 0 Å². The number of hydrogen-bond acceptors (Lipinski definition) is 5. The lowest BCUT2D eigenvalue weighted by Crippen LogP contribution is -2.57. The molecule has 2 amide bonds. The van der Waals surface area contributed by atoms with Crippen LogP contribution in [0.25, 0.3) is 0 Å². The lowest BCUT2D eigenvalue weighted by molar-refractivity contribution is -0.141. The van der Waals surface area contributed by atoms with Crippen molar-refractivity contribution in [3.8, 4) is 5.75 Å². The van der Waals surface area contributed by atoms with E-state index in [1.165, 1.54) is 7.11 Å². The average Bonchev–Trinajstić information content (AvgIpc) is 2.60. The number of anilines is 1. The predicted octanol–water partition coefficient (Wildman–Crippen LogP) is 1.60. The van der Waals surface area contributed by atoms with Crippen molar-refractivity contribution in [2.45, 2.75) is 32.2 Å². The largest absolute Gasteiger partial charge is 0.497 e. The molecule has 2 rings (SSSR count). The van der Waals surface area contributed by atoms with Gasteiger partial charge >= 0.3 is 5.97 Å². The normalized spacial score (nSPS) is 17.4. The second-order valence-electron chi connectivity index (χ2n) is 6.02. The first-order valence-electron chi connectivity index (χ1n) is 8.27. The lowest BCUT2D eigenvalue weighted by atomic mass is 10.1. The molecule has 0 spiro atoms. The van der Waals surface area contributed by atoms with Crippen molar-refractivity contribution in [1.29, 1.82) is 0 Å². The molecule has 1 fully saturated rings. The summed E-state index contributed by atoms with van der Waals surface area (Å²) in [7, 11) is 2.90. The monoisotopic (exact) mass is 348 g/mol. The van der Waals surface area contributed by atoms with Crippen LogP contribution in [-0.4, -0.2) is 56.0 Å². The highest BCUT2D eigenvalue weighted by Gasteiger charge is 2.33. The minimum Gasteiger partial charge on any atom is -0.497 e. The predicted molar refractivity (Wildman–Crippen MR) is 92.4 cm³/mol. The van der Waals surface area contributed by atoms with Crippen LogP contribution in [-0.2, 0) is 19.1 Å². The number of ether oxygens (including phenoxy) is 2. The number of nitrogens with zero attached hydrogens (tertiary/aromatic N) is 2. The Morgan fingerprint density at radius 1 is 1.24 bits per heavy atom. The maximum absolute atomic E-state index is 12.6. The molecule has 1 aliphatic rings. The van der Waals surface area contributed by atoms with Crippen LogP contribution in [0.5, 0.6) is 5.75 Å². The number of esters is 1. The van der Waals surface area contributed by atoms with Gasteiger partial charge in [-0.1, -0.05) is 6.07 Å². The van der Waals surface area contributed by atoms with Gasteiger partial charge in [-0.25, -0.2) is 0 Å². The standard InChI is InChI=1S/C18H24N2O5/c1-13-11-19(16(21)8-5-9-18(23)25-3)12-17(22)20(13)14-6-4-7-15(10-14)24-2/h4,6-7,10,13H,5,8-9,11-12H2,1-3H3/t13-/m0/s1. The second kappa shape index (κ2) is 8.50. The average molecular weight is 348 g/mol. The first-order valence-corrected chi connectivity index (χ1v) is 8.27. The highest BCUT2D eigenvalue weighted by Crippen LogP contribution is 2.25. The molecule has 0 radical (unpaired) electrons. The van der Waals surface area contributed by atoms with E-state index in [9.17, 15) is 14.4 Å². The van der Waals surface area contributed by atoms with Gasteiger partial charge in [-0.05, 0) is 25.5 Å². The van der Waals surface area contributed by atoms with Gasteiger partial charge in [-0.3, -0.25) is 14.4 Å². The molecule has 1 aromatic rings. The number of rotatable bonds is 6. The number of benzene rings is 1. The van der Waals surface area contributed by atoms with Crippen molar-refractivity contribution in [3.05, 3.63) is 24.3 Å². The van der Waals surface area contributed by atoms with Gasteiger partial charge in [0.1, 0.15) is 12.3 Å². The topological polar surface area (TPSA) is 76.2 Å². The van der Waals surface area contributed by atoms with E-state index in [1.54, 1.807) is 16.9 Å². The summed E-state index contributed by atoms with van der Waals surface area (Å²) in [5.74, 6) is 0.0987. The Balaban J connectivity index is 1.98. The second-order valence-corrected chi connectivity index (χ2v) is 6.02. The molecule has 1 heterocycles. The SMILES string of the molecule is COC(=O)CCCC(=O)N1CC(=O)N(c2cccc(OC)c2)[C@@H](C)C1. The summed E-state index contributed by atoms with van der Waals surface area (Å²) in [6, 6.07) is 7.17. The van der Waals surface area contributed by atoms with E-state index in [2.05, 4.69) is 4.74 Å². The highest BCUT2D eigenvalue weighted by atomic mass is 16.5. The molecule has 1 aliphatic heterocycles. The van der Waals surface area contributed by atoms with E-state index in [1.807, 2.05) is 31.2 Å². The molecule has 25 heavy (non-hydrogen) atoms. The molecule has 1 aromatic carbocycles. The zero-order valence-corrected chi connectivity index (χ0v) is 14.9. The quantitative estimate of drug-likeness (QED) is 0.730. The van der Waals surface area contributed by atoms with Crippen molar-refractivity contribution in [2.24, 2.45) is 0 Å². The summed E-state index contributed by atoms with van der Waals surface area (Å²) in [5, 5.41) is 0. The Kier molecular flexibility index (Phi) is 6.38. The third-order valence-corrected chi connectivity index (χ3v) is 4.20. The first kappa shape index (κ1) is 18.8. The zero-order valence-electron chi connectivity index (χ0n) is 14.9. The summed E-state index contributed by atoms with van der Waals surface area (Å²) in [6.45, 7) is 2.41. The van der Waals surface area contributed by atoms with Gasteiger partial charge in [0.05, 0.1) is 20.3 Å². The van der Waals surface area contributed by atoms with Crippen molar-refractivity contribution in [3.63, 3.8) is 0 Å². The third-order valence-electron chi connectivity index (χ3n) is 4.20. The maximum atomic E-state index is 12.6. The van der Waals surface area contributed by atoms with Gasteiger partial charge < -0.3 is 19.3 Å². The molecular formula is C18H24N2O5. The number of piperazine rings is 1. The molecule has 0 saturated carbocycles. The Bertz CT molecular complexity index is 646. The van der Waals surface area contributed by atoms with Crippen LogP contribution in [0.2, 0.25) is 0 Å². The first-order chi connectivity index (χ1) is 12.0. The van der Waals surface area contributed by atoms with Crippen LogP contribution in [0.4, 0.5) is 5.69 Å². The maximum Gasteiger partial charge on any atom is 0.305 e. The molecule has 0 unspecified atom stereocenters. The van der Waals surface area contributed by atoms with E-state index in [-0.39, 0.29) is 43.2 Å². The van der Waals surface area contributed by atoms with E-state index in [0.717, 1.165) is 5.69 Å². The number of carbonyl (C=O) groups excluding carboxylic acids is 3. The molecule has 1 atom stereocenters. The third kappa shape index (κ3) is 4.71. The van der Waals surface area contributed by atoms with Crippen molar-refractivity contribution >= 4 is 23.5 Å². The number of methoxy groups -OCH3 is 2. The van der Waals surface area contributed by atoms with Crippen molar-refractivity contribution in [1.82, 2.24) is 4.90 Å². The summed E-state index contributed by atoms with van der Waals surface area (Å²) in [4.78, 5) is 39.2. The van der Waals surface area contributed by atoms with Gasteiger partial charge in [0.25, 0.3) is 0 Å². The van der Waals surface area contributed by atoms with Gasteiger partial charge in [-0.2, -0.15) is 0 Å². The molecule has 136 valence electrons. The molecular weight excluding hydrogens is 324 g/mol. The Morgan fingerprint density at radius 3 is 2.64 bits per heavy atom. The van der Waals surface area contributed by atoms with Crippen LogP contribution in [0, 0.1) is 0 Å². The molecule has 1 saturated heterocycles. The van der Waals surface area contributed by atoms with Crippen LogP contribution in [0.3, 0.4) is 0 Å². The number of carbonyl (C=O) groups is 3. The van der Waals surface area contributed by atoms with Crippen LogP contribution in [0.1, 0.15) is 26.2 Å². The molecule has 0 bridgehead atoms. The Hall–Kier alpha value is -2.57. The van der Waals surface area contributed by atoms with Gasteiger partial charge in [0, 0.05) is 31.1 Å². The van der Waals surface area contributed by atoms with Crippen molar-refractivity contribution in [2.75, 3.05) is 32.2 Å². The minimum atomic E-state index is -0.333. The number of amides is 2. The number of hydrogen-bond donors (Lipinski definition) is 0. The highest BCUT2D eigenvalue weighted by molar-refractivity contribution is 5.98. The fourth-order valence-corrected chi connectivity index (χ4v) is 2.94. The smallest absolute Gasteiger partial charge is 0.305 e. The Morgan fingerprint density at radius 2 is 2.00 bits per heavy atom. The zero-order chi connectivity index (χ0) is 18.4. The Labute approximate surface area is 147 Å². The lowest BCUT2D eigenvalue weighted by Gasteiger charge is -2.39. The van der Waals surface area contributed by atoms with Crippen LogP contribution < -0.4 is 9.64 Å². The van der Waals surface area contributed by atoms with Crippen LogP contribution in [0.15, 0.2) is 24.3 Å². The molecule has 0 N–H and O–H groups in total. The van der Waals surface area contributed by atoms with Gasteiger partial charge in [0.15, 0.2) is 0 Å². The fraction of sp³-hybridized carbons (Fsp3) is 0.500.